The summed E-state index contributed by atoms with van der Waals surface area (Å²) in [5.41, 5.74) is 0. The molecular weight excluding hydrogens is 100 g/mol. The summed E-state index contributed by atoms with van der Waals surface area (Å²) in [6, 6.07) is 0. The Morgan fingerprint density at radius 2 is 2.38 bits per heavy atom. The van der Waals surface area contributed by atoms with Gasteiger partial charge in [-0.3, -0.25) is 4.79 Å². The number of rotatable bonds is 3. The molecule has 1 aliphatic carbocycles. The van der Waals surface area contributed by atoms with Gasteiger partial charge >= 0.3 is 0 Å². The van der Waals surface area contributed by atoms with E-state index in [0.29, 0.717) is 5.92 Å². The number of carbonyl (C=O) groups is 1. The van der Waals surface area contributed by atoms with Crippen LogP contribution in [0.4, 0.5) is 0 Å². The van der Waals surface area contributed by atoms with Crippen LogP contribution in [-0.4, -0.2) is 5.78 Å². The van der Waals surface area contributed by atoms with E-state index in [-0.39, 0.29) is 5.78 Å². The van der Waals surface area contributed by atoms with Gasteiger partial charge in [-0.25, -0.2) is 0 Å². The Morgan fingerprint density at radius 3 is 2.75 bits per heavy atom. The van der Waals surface area contributed by atoms with E-state index >= 15 is 0 Å². The number of allylic oxidation sites excluding steroid dienone is 1. The molecule has 8 heavy (non-hydrogen) atoms. The average molecular weight is 110 g/mol. The van der Waals surface area contributed by atoms with E-state index in [0.717, 1.165) is 6.42 Å². The van der Waals surface area contributed by atoms with Gasteiger partial charge in [0.25, 0.3) is 0 Å². The molecule has 0 spiro atoms. The molecule has 0 N–H and O–H groups in total. The lowest BCUT2D eigenvalue weighted by atomic mass is 10.2. The minimum atomic E-state index is 0.201. The molecule has 0 aromatic rings. The Morgan fingerprint density at radius 1 is 1.75 bits per heavy atom. The summed E-state index contributed by atoms with van der Waals surface area (Å²) in [4.78, 5) is 10.5. The van der Waals surface area contributed by atoms with Gasteiger partial charge < -0.3 is 0 Å². The third-order valence-electron chi connectivity index (χ3n) is 1.41. The van der Waals surface area contributed by atoms with Gasteiger partial charge in [0.05, 0.1) is 0 Å². The first kappa shape index (κ1) is 5.54. The second kappa shape index (κ2) is 2.12. The number of hydrogen-bond donors (Lipinski definition) is 0. The number of carbonyl (C=O) groups excluding carboxylic acids is 1. The van der Waals surface area contributed by atoms with Crippen LogP contribution in [0.1, 0.15) is 19.3 Å². The lowest BCUT2D eigenvalue weighted by molar-refractivity contribution is -0.114. The van der Waals surface area contributed by atoms with E-state index in [2.05, 4.69) is 6.58 Å². The maximum Gasteiger partial charge on any atom is 0.155 e. The Balaban J connectivity index is 2.16. The van der Waals surface area contributed by atoms with Crippen LogP contribution < -0.4 is 0 Å². The third kappa shape index (κ3) is 1.49. The minimum absolute atomic E-state index is 0.201. The van der Waals surface area contributed by atoms with E-state index in [1.165, 1.54) is 18.9 Å². The Kier molecular flexibility index (Phi) is 1.47. The number of hydrogen-bond acceptors (Lipinski definition) is 1. The van der Waals surface area contributed by atoms with Gasteiger partial charge in [-0.05, 0) is 24.8 Å². The second-order valence-corrected chi connectivity index (χ2v) is 2.32. The molecule has 0 atom stereocenters. The predicted octanol–water partition coefficient (Wildman–Crippen LogP) is 1.54. The van der Waals surface area contributed by atoms with Crippen molar-refractivity contribution in [2.24, 2.45) is 5.92 Å². The fourth-order valence-corrected chi connectivity index (χ4v) is 0.690. The quantitative estimate of drug-likeness (QED) is 0.504. The van der Waals surface area contributed by atoms with Crippen LogP contribution in [0, 0.1) is 5.92 Å². The lowest BCUT2D eigenvalue weighted by Gasteiger charge is -1.85. The summed E-state index contributed by atoms with van der Waals surface area (Å²) >= 11 is 0. The molecule has 0 bridgehead atoms. The molecular formula is C7H10O. The summed E-state index contributed by atoms with van der Waals surface area (Å²) in [5.74, 6) is 0.910. The Labute approximate surface area is 49.4 Å². The molecule has 0 heterocycles. The van der Waals surface area contributed by atoms with Crippen molar-refractivity contribution in [2.45, 2.75) is 19.3 Å². The van der Waals surface area contributed by atoms with Crippen molar-refractivity contribution in [1.29, 1.82) is 0 Å². The summed E-state index contributed by atoms with van der Waals surface area (Å²) in [5, 5.41) is 0. The Bertz CT molecular complexity index is 112. The lowest BCUT2D eigenvalue weighted by Crippen LogP contribution is -1.91. The fraction of sp³-hybridized carbons (Fsp3) is 0.571. The van der Waals surface area contributed by atoms with Gasteiger partial charge in [-0.2, -0.15) is 0 Å². The first-order valence-corrected chi connectivity index (χ1v) is 2.98. The zero-order chi connectivity index (χ0) is 5.98. The van der Waals surface area contributed by atoms with Crippen molar-refractivity contribution < 1.29 is 4.79 Å². The maximum absolute atomic E-state index is 10.5. The van der Waals surface area contributed by atoms with E-state index < -0.39 is 0 Å². The van der Waals surface area contributed by atoms with E-state index in [4.69, 9.17) is 0 Å². The van der Waals surface area contributed by atoms with Crippen LogP contribution in [0.2, 0.25) is 0 Å². The first-order valence-electron chi connectivity index (χ1n) is 2.98. The molecule has 0 aromatic heterocycles. The van der Waals surface area contributed by atoms with Crippen LogP contribution >= 0.6 is 0 Å². The largest absolute Gasteiger partial charge is 0.295 e. The fourth-order valence-electron chi connectivity index (χ4n) is 0.690. The van der Waals surface area contributed by atoms with E-state index in [9.17, 15) is 4.79 Å². The first-order chi connectivity index (χ1) is 3.83. The second-order valence-electron chi connectivity index (χ2n) is 2.32. The van der Waals surface area contributed by atoms with E-state index in [1.807, 2.05) is 0 Å². The van der Waals surface area contributed by atoms with Crippen LogP contribution in [0.15, 0.2) is 12.7 Å². The normalized spacial score (nSPS) is 18.0. The molecule has 0 saturated heterocycles. The zero-order valence-corrected chi connectivity index (χ0v) is 4.89. The summed E-state index contributed by atoms with van der Waals surface area (Å²) in [7, 11) is 0. The monoisotopic (exact) mass is 110 g/mol. The highest BCUT2D eigenvalue weighted by molar-refractivity contribution is 5.89. The summed E-state index contributed by atoms with van der Waals surface area (Å²) in [6.45, 7) is 3.39. The molecule has 1 fully saturated rings. The molecule has 0 radical (unpaired) electrons. The van der Waals surface area contributed by atoms with E-state index in [1.54, 1.807) is 0 Å². The van der Waals surface area contributed by atoms with Gasteiger partial charge in [0.2, 0.25) is 0 Å². The van der Waals surface area contributed by atoms with Crippen molar-refractivity contribution in [3.8, 4) is 0 Å². The molecule has 0 aliphatic heterocycles. The number of ketones is 1. The molecule has 1 rings (SSSR count). The Hall–Kier alpha value is -0.590. The maximum atomic E-state index is 10.5. The molecule has 1 nitrogen and oxygen atoms in total. The molecule has 1 heteroatoms. The summed E-state index contributed by atoms with van der Waals surface area (Å²) in [6.07, 6.45) is 4.65. The van der Waals surface area contributed by atoms with Gasteiger partial charge in [0, 0.05) is 6.42 Å². The van der Waals surface area contributed by atoms with Crippen molar-refractivity contribution in [3.05, 3.63) is 12.7 Å². The van der Waals surface area contributed by atoms with Crippen LogP contribution in [-0.2, 0) is 4.79 Å². The van der Waals surface area contributed by atoms with Gasteiger partial charge in [-0.15, -0.1) is 0 Å². The van der Waals surface area contributed by atoms with Crippen LogP contribution in [0.3, 0.4) is 0 Å². The predicted molar refractivity (Wildman–Crippen MR) is 32.5 cm³/mol. The van der Waals surface area contributed by atoms with Crippen LogP contribution in [0.5, 0.6) is 0 Å². The highest BCUT2D eigenvalue weighted by Gasteiger charge is 2.22. The molecule has 0 aromatic carbocycles. The molecule has 1 saturated carbocycles. The van der Waals surface area contributed by atoms with Crippen molar-refractivity contribution >= 4 is 5.78 Å². The topological polar surface area (TPSA) is 17.1 Å². The van der Waals surface area contributed by atoms with Crippen molar-refractivity contribution in [2.75, 3.05) is 0 Å². The van der Waals surface area contributed by atoms with Gasteiger partial charge in [0.15, 0.2) is 5.78 Å². The van der Waals surface area contributed by atoms with Crippen molar-refractivity contribution in [1.82, 2.24) is 0 Å². The summed E-state index contributed by atoms with van der Waals surface area (Å²) < 4.78 is 0. The SMILES string of the molecule is C=CC(=O)CC1CC1. The standard InChI is InChI=1S/C7H10O/c1-2-7(8)5-6-3-4-6/h2,6H,1,3-5H2. The highest BCUT2D eigenvalue weighted by atomic mass is 16.1. The third-order valence-corrected chi connectivity index (χ3v) is 1.41. The molecule has 44 valence electrons. The highest BCUT2D eigenvalue weighted by Crippen LogP contribution is 2.32. The smallest absolute Gasteiger partial charge is 0.155 e. The zero-order valence-electron chi connectivity index (χ0n) is 4.89. The van der Waals surface area contributed by atoms with Gasteiger partial charge in [0.1, 0.15) is 0 Å². The minimum Gasteiger partial charge on any atom is -0.295 e. The molecule has 1 aliphatic rings. The van der Waals surface area contributed by atoms with Crippen LogP contribution in [0.25, 0.3) is 0 Å². The molecule has 0 unspecified atom stereocenters. The van der Waals surface area contributed by atoms with Gasteiger partial charge in [-0.1, -0.05) is 6.58 Å². The average Bonchev–Trinajstić information content (AvgIpc) is 2.50. The molecule has 0 amide bonds. The van der Waals surface area contributed by atoms with Crippen molar-refractivity contribution in [3.63, 3.8) is 0 Å².